The maximum atomic E-state index is 9.19. The van der Waals surface area contributed by atoms with Crippen molar-refractivity contribution in [3.8, 4) is 0 Å². The van der Waals surface area contributed by atoms with Crippen molar-refractivity contribution in [3.05, 3.63) is 29.8 Å². The summed E-state index contributed by atoms with van der Waals surface area (Å²) in [5.74, 6) is 0. The van der Waals surface area contributed by atoms with Gasteiger partial charge in [-0.05, 0) is 49.8 Å². The highest BCUT2D eigenvalue weighted by Crippen LogP contribution is 2.44. The van der Waals surface area contributed by atoms with Crippen LogP contribution in [0, 0.1) is 5.41 Å². The lowest BCUT2D eigenvalue weighted by atomic mass is 10.1. The largest absolute Gasteiger partial charge is 0.396 e. The van der Waals surface area contributed by atoms with Crippen LogP contribution in [0.4, 0.5) is 0 Å². The maximum absolute atomic E-state index is 9.19. The van der Waals surface area contributed by atoms with E-state index in [-0.39, 0.29) is 5.41 Å². The van der Waals surface area contributed by atoms with Crippen molar-refractivity contribution in [2.75, 3.05) is 26.0 Å². The number of benzene rings is 1. The number of thioether (sulfide) groups is 1. The number of aliphatic hydroxyl groups excluding tert-OH is 1. The number of nitrogens with one attached hydrogen (secondary N) is 1. The summed E-state index contributed by atoms with van der Waals surface area (Å²) in [7, 11) is 0. The van der Waals surface area contributed by atoms with Crippen molar-refractivity contribution >= 4 is 11.8 Å². The zero-order valence-electron chi connectivity index (χ0n) is 10.4. The van der Waals surface area contributed by atoms with Gasteiger partial charge in [0.25, 0.3) is 0 Å². The Hall–Kier alpha value is -0.510. The zero-order valence-corrected chi connectivity index (χ0v) is 11.2. The van der Waals surface area contributed by atoms with E-state index in [0.29, 0.717) is 6.61 Å². The summed E-state index contributed by atoms with van der Waals surface area (Å²) in [5, 5.41) is 12.6. The number of aliphatic hydroxyl groups is 1. The lowest BCUT2D eigenvalue weighted by Gasteiger charge is -2.12. The van der Waals surface area contributed by atoms with Crippen LogP contribution in [0.15, 0.2) is 29.2 Å². The van der Waals surface area contributed by atoms with E-state index in [1.807, 2.05) is 0 Å². The van der Waals surface area contributed by atoms with Crippen molar-refractivity contribution < 1.29 is 5.11 Å². The quantitative estimate of drug-likeness (QED) is 0.576. The molecular weight excluding hydrogens is 230 g/mol. The molecule has 17 heavy (non-hydrogen) atoms. The minimum Gasteiger partial charge on any atom is -0.396 e. The van der Waals surface area contributed by atoms with Crippen LogP contribution in [-0.4, -0.2) is 31.1 Å². The molecule has 0 atom stereocenters. The molecular formula is C14H21NOS. The predicted octanol–water partition coefficient (Wildman–Crippen LogP) is 2.31. The fraction of sp³-hybridized carbons (Fsp3) is 0.571. The minimum absolute atomic E-state index is 0.225. The predicted molar refractivity (Wildman–Crippen MR) is 73.5 cm³/mol. The first-order valence-corrected chi connectivity index (χ1v) is 7.45. The lowest BCUT2D eigenvalue weighted by molar-refractivity contribution is 0.208. The molecule has 2 nitrogen and oxygen atoms in total. The molecule has 0 radical (unpaired) electrons. The Morgan fingerprint density at radius 2 is 2.00 bits per heavy atom. The molecule has 0 amide bonds. The van der Waals surface area contributed by atoms with E-state index >= 15 is 0 Å². The van der Waals surface area contributed by atoms with Crippen LogP contribution in [0.3, 0.4) is 0 Å². The highest BCUT2D eigenvalue weighted by atomic mass is 32.2. The van der Waals surface area contributed by atoms with Crippen LogP contribution in [0.1, 0.15) is 18.4 Å². The molecule has 2 N–H and O–H groups in total. The van der Waals surface area contributed by atoms with Crippen molar-refractivity contribution in [2.24, 2.45) is 5.41 Å². The number of rotatable bonds is 7. The monoisotopic (exact) mass is 251 g/mol. The standard InChI is InChI=1S/C14H21NOS/c1-17-13-4-2-12(3-5-13)6-9-15-10-14(11-16)7-8-14/h2-5,15-16H,6-11H2,1H3. The molecule has 0 spiro atoms. The van der Waals surface area contributed by atoms with Crippen LogP contribution in [0.25, 0.3) is 0 Å². The first-order chi connectivity index (χ1) is 8.28. The third-order valence-corrected chi connectivity index (χ3v) is 4.29. The molecule has 2 rings (SSSR count). The molecule has 1 aromatic carbocycles. The lowest BCUT2D eigenvalue weighted by Crippen LogP contribution is -2.28. The topological polar surface area (TPSA) is 32.3 Å². The molecule has 0 bridgehead atoms. The van der Waals surface area contributed by atoms with Crippen molar-refractivity contribution in [3.63, 3.8) is 0 Å². The first kappa shape index (κ1) is 12.9. The average Bonchev–Trinajstić information content (AvgIpc) is 3.16. The molecule has 1 fully saturated rings. The van der Waals surface area contributed by atoms with Gasteiger partial charge in [-0.2, -0.15) is 0 Å². The molecule has 0 aromatic heterocycles. The Bertz CT molecular complexity index is 346. The Kier molecular flexibility index (Phi) is 4.48. The number of hydrogen-bond acceptors (Lipinski definition) is 3. The smallest absolute Gasteiger partial charge is 0.0499 e. The Labute approximate surface area is 108 Å². The van der Waals surface area contributed by atoms with Gasteiger partial charge in [-0.1, -0.05) is 12.1 Å². The summed E-state index contributed by atoms with van der Waals surface area (Å²) < 4.78 is 0. The molecule has 0 heterocycles. The van der Waals surface area contributed by atoms with Crippen LogP contribution >= 0.6 is 11.8 Å². The molecule has 0 aliphatic heterocycles. The third-order valence-electron chi connectivity index (χ3n) is 3.54. The summed E-state index contributed by atoms with van der Waals surface area (Å²) in [5.41, 5.74) is 1.60. The normalized spacial score (nSPS) is 17.1. The maximum Gasteiger partial charge on any atom is 0.0499 e. The second kappa shape index (κ2) is 5.89. The van der Waals surface area contributed by atoms with Crippen molar-refractivity contribution in [2.45, 2.75) is 24.2 Å². The van der Waals surface area contributed by atoms with E-state index in [1.165, 1.54) is 23.3 Å². The molecule has 1 aromatic rings. The fourth-order valence-electron chi connectivity index (χ4n) is 1.95. The Morgan fingerprint density at radius 1 is 1.29 bits per heavy atom. The van der Waals surface area contributed by atoms with Gasteiger partial charge >= 0.3 is 0 Å². The van der Waals surface area contributed by atoms with E-state index in [4.69, 9.17) is 0 Å². The van der Waals surface area contributed by atoms with Crippen molar-refractivity contribution in [1.82, 2.24) is 5.32 Å². The zero-order chi connectivity index (χ0) is 12.1. The SMILES string of the molecule is CSc1ccc(CCNCC2(CO)CC2)cc1. The minimum atomic E-state index is 0.225. The van der Waals surface area contributed by atoms with Crippen LogP contribution < -0.4 is 5.32 Å². The van der Waals surface area contributed by atoms with Gasteiger partial charge in [0.15, 0.2) is 0 Å². The molecule has 1 aliphatic carbocycles. The summed E-state index contributed by atoms with van der Waals surface area (Å²) in [4.78, 5) is 1.32. The van der Waals surface area contributed by atoms with Gasteiger partial charge in [0.05, 0.1) is 0 Å². The summed E-state index contributed by atoms with van der Waals surface area (Å²) in [6.45, 7) is 2.30. The summed E-state index contributed by atoms with van der Waals surface area (Å²) >= 11 is 1.78. The Morgan fingerprint density at radius 3 is 2.53 bits per heavy atom. The second-order valence-corrected chi connectivity index (χ2v) is 5.81. The summed E-state index contributed by atoms with van der Waals surface area (Å²) in [6.07, 6.45) is 5.52. The number of hydrogen-bond donors (Lipinski definition) is 2. The van der Waals surface area contributed by atoms with Crippen LogP contribution in [-0.2, 0) is 6.42 Å². The molecule has 0 saturated heterocycles. The van der Waals surface area contributed by atoms with Gasteiger partial charge in [-0.3, -0.25) is 0 Å². The van der Waals surface area contributed by atoms with Gasteiger partial charge in [-0.25, -0.2) is 0 Å². The van der Waals surface area contributed by atoms with Gasteiger partial charge in [0.2, 0.25) is 0 Å². The van der Waals surface area contributed by atoms with E-state index in [2.05, 4.69) is 35.8 Å². The van der Waals surface area contributed by atoms with Crippen molar-refractivity contribution in [1.29, 1.82) is 0 Å². The van der Waals surface area contributed by atoms with Gasteiger partial charge in [0.1, 0.15) is 0 Å². The average molecular weight is 251 g/mol. The van der Waals surface area contributed by atoms with Crippen LogP contribution in [0.5, 0.6) is 0 Å². The van der Waals surface area contributed by atoms with Gasteiger partial charge in [-0.15, -0.1) is 11.8 Å². The first-order valence-electron chi connectivity index (χ1n) is 6.22. The van der Waals surface area contributed by atoms with Crippen LogP contribution in [0.2, 0.25) is 0 Å². The highest BCUT2D eigenvalue weighted by molar-refractivity contribution is 7.98. The van der Waals surface area contributed by atoms with Gasteiger partial charge in [0, 0.05) is 23.5 Å². The third kappa shape index (κ3) is 3.73. The fourth-order valence-corrected chi connectivity index (χ4v) is 2.35. The summed E-state index contributed by atoms with van der Waals surface area (Å²) in [6, 6.07) is 8.76. The Balaban J connectivity index is 1.67. The van der Waals surface area contributed by atoms with E-state index in [9.17, 15) is 5.11 Å². The van der Waals surface area contributed by atoms with E-state index in [0.717, 1.165) is 19.5 Å². The second-order valence-electron chi connectivity index (χ2n) is 4.93. The van der Waals surface area contributed by atoms with Gasteiger partial charge < -0.3 is 10.4 Å². The molecule has 1 saturated carbocycles. The molecule has 3 heteroatoms. The highest BCUT2D eigenvalue weighted by Gasteiger charge is 2.41. The molecule has 94 valence electrons. The van der Waals surface area contributed by atoms with E-state index < -0.39 is 0 Å². The molecule has 1 aliphatic rings. The molecule has 0 unspecified atom stereocenters. The van der Waals surface area contributed by atoms with E-state index in [1.54, 1.807) is 11.8 Å².